The van der Waals surface area contributed by atoms with Gasteiger partial charge in [-0.3, -0.25) is 0 Å². The van der Waals surface area contributed by atoms with Gasteiger partial charge < -0.3 is 5.73 Å². The van der Waals surface area contributed by atoms with Gasteiger partial charge in [0, 0.05) is 14.7 Å². The van der Waals surface area contributed by atoms with Gasteiger partial charge in [0.15, 0.2) is 0 Å². The molecule has 12 heavy (non-hydrogen) atoms. The number of halogens is 1. The molecule has 0 aliphatic carbocycles. The van der Waals surface area contributed by atoms with Crippen LogP contribution in [0.3, 0.4) is 0 Å². The monoisotopic (exact) mass is 247 g/mol. The minimum atomic E-state index is 0.226. The van der Waals surface area contributed by atoms with Crippen LogP contribution in [-0.4, -0.2) is 6.54 Å². The molecule has 0 amide bonds. The molecule has 0 atom stereocenters. The highest BCUT2D eigenvalue weighted by atomic mass is 79.9. The van der Waals surface area contributed by atoms with Crippen molar-refractivity contribution in [1.82, 2.24) is 0 Å². The maximum absolute atomic E-state index is 5.65. The molecule has 0 aromatic carbocycles. The van der Waals surface area contributed by atoms with Crippen LogP contribution < -0.4 is 5.73 Å². The van der Waals surface area contributed by atoms with E-state index in [0.717, 1.165) is 13.0 Å². The summed E-state index contributed by atoms with van der Waals surface area (Å²) < 4.78 is 1.18. The number of rotatable bonds is 3. The Labute approximate surface area is 86.1 Å². The van der Waals surface area contributed by atoms with Crippen molar-refractivity contribution in [3.05, 3.63) is 20.8 Å². The van der Waals surface area contributed by atoms with Crippen LogP contribution in [0.25, 0.3) is 0 Å². The zero-order valence-electron chi connectivity index (χ0n) is 7.43. The second kappa shape index (κ2) is 3.90. The van der Waals surface area contributed by atoms with E-state index in [2.05, 4.69) is 41.2 Å². The van der Waals surface area contributed by atoms with Crippen LogP contribution in [0.4, 0.5) is 0 Å². The summed E-state index contributed by atoms with van der Waals surface area (Å²) in [5.74, 6) is 0. The van der Waals surface area contributed by atoms with E-state index in [-0.39, 0.29) is 5.41 Å². The summed E-state index contributed by atoms with van der Waals surface area (Å²) in [5, 5.41) is 2.11. The molecule has 0 aliphatic heterocycles. The molecule has 1 aromatic rings. The summed E-state index contributed by atoms with van der Waals surface area (Å²) in [4.78, 5) is 1.40. The second-order valence-electron chi connectivity index (χ2n) is 3.78. The first kappa shape index (κ1) is 10.2. The lowest BCUT2D eigenvalue weighted by Crippen LogP contribution is -2.25. The van der Waals surface area contributed by atoms with Crippen molar-refractivity contribution < 1.29 is 0 Å². The molecule has 0 unspecified atom stereocenters. The van der Waals surface area contributed by atoms with Gasteiger partial charge in [0.05, 0.1) is 0 Å². The van der Waals surface area contributed by atoms with Crippen LogP contribution in [0.1, 0.15) is 18.7 Å². The SMILES string of the molecule is CC(C)(CN)Cc1cc(Br)cs1. The maximum Gasteiger partial charge on any atom is 0.0285 e. The summed E-state index contributed by atoms with van der Waals surface area (Å²) in [6.45, 7) is 5.13. The van der Waals surface area contributed by atoms with Gasteiger partial charge in [0.1, 0.15) is 0 Å². The molecular weight excluding hydrogens is 234 g/mol. The van der Waals surface area contributed by atoms with E-state index in [1.807, 2.05) is 0 Å². The number of nitrogens with two attached hydrogens (primary N) is 1. The molecule has 68 valence electrons. The number of hydrogen-bond acceptors (Lipinski definition) is 2. The lowest BCUT2D eigenvalue weighted by molar-refractivity contribution is 0.379. The minimum absolute atomic E-state index is 0.226. The molecule has 3 heteroatoms. The van der Waals surface area contributed by atoms with Crippen LogP contribution >= 0.6 is 27.3 Å². The lowest BCUT2D eigenvalue weighted by atomic mass is 9.89. The van der Waals surface area contributed by atoms with Crippen molar-refractivity contribution in [3.8, 4) is 0 Å². The first-order valence-corrected chi connectivity index (χ1v) is 5.64. The first-order chi connectivity index (χ1) is 5.53. The third kappa shape index (κ3) is 2.88. The maximum atomic E-state index is 5.65. The van der Waals surface area contributed by atoms with Crippen LogP contribution in [-0.2, 0) is 6.42 Å². The van der Waals surface area contributed by atoms with E-state index in [1.165, 1.54) is 9.35 Å². The molecular formula is C9H14BrNS. The molecule has 1 heterocycles. The van der Waals surface area contributed by atoms with Crippen molar-refractivity contribution >= 4 is 27.3 Å². The van der Waals surface area contributed by atoms with Crippen LogP contribution in [0.2, 0.25) is 0 Å². The molecule has 0 aliphatic rings. The largest absolute Gasteiger partial charge is 0.330 e. The normalized spacial score (nSPS) is 12.0. The Morgan fingerprint density at radius 3 is 2.67 bits per heavy atom. The van der Waals surface area contributed by atoms with E-state index in [1.54, 1.807) is 11.3 Å². The summed E-state index contributed by atoms with van der Waals surface area (Å²) in [7, 11) is 0. The summed E-state index contributed by atoms with van der Waals surface area (Å²) >= 11 is 5.23. The van der Waals surface area contributed by atoms with Crippen molar-refractivity contribution in [2.24, 2.45) is 11.1 Å². The van der Waals surface area contributed by atoms with Crippen molar-refractivity contribution in [2.75, 3.05) is 6.54 Å². The molecule has 2 N–H and O–H groups in total. The molecule has 0 spiro atoms. The second-order valence-corrected chi connectivity index (χ2v) is 5.69. The Morgan fingerprint density at radius 2 is 2.25 bits per heavy atom. The highest BCUT2D eigenvalue weighted by Gasteiger charge is 2.16. The molecule has 0 radical (unpaired) electrons. The van der Waals surface area contributed by atoms with Gasteiger partial charge in [-0.2, -0.15) is 0 Å². The fourth-order valence-electron chi connectivity index (χ4n) is 0.990. The highest BCUT2D eigenvalue weighted by molar-refractivity contribution is 9.10. The van der Waals surface area contributed by atoms with Gasteiger partial charge in [-0.05, 0) is 40.4 Å². The topological polar surface area (TPSA) is 26.0 Å². The standard InChI is InChI=1S/C9H14BrNS/c1-9(2,6-11)4-8-3-7(10)5-12-8/h3,5H,4,6,11H2,1-2H3. The average molecular weight is 248 g/mol. The molecule has 1 nitrogen and oxygen atoms in total. The van der Waals surface area contributed by atoms with Gasteiger partial charge in [-0.15, -0.1) is 11.3 Å². The fourth-order valence-corrected chi connectivity index (χ4v) is 2.70. The van der Waals surface area contributed by atoms with E-state index in [4.69, 9.17) is 5.73 Å². The first-order valence-electron chi connectivity index (χ1n) is 3.96. The van der Waals surface area contributed by atoms with Crippen LogP contribution in [0, 0.1) is 5.41 Å². The summed E-state index contributed by atoms with van der Waals surface area (Å²) in [6, 6.07) is 2.17. The Balaban J connectivity index is 2.63. The number of thiophene rings is 1. The van der Waals surface area contributed by atoms with Gasteiger partial charge in [0.25, 0.3) is 0 Å². The average Bonchev–Trinajstić information content (AvgIpc) is 2.35. The molecule has 0 saturated heterocycles. The third-order valence-corrected chi connectivity index (χ3v) is 3.52. The Kier molecular flexibility index (Phi) is 3.32. The van der Waals surface area contributed by atoms with Crippen molar-refractivity contribution in [2.45, 2.75) is 20.3 Å². The van der Waals surface area contributed by atoms with Gasteiger partial charge in [-0.1, -0.05) is 13.8 Å². The fraction of sp³-hybridized carbons (Fsp3) is 0.556. The number of hydrogen-bond donors (Lipinski definition) is 1. The predicted octanol–water partition coefficient (Wildman–Crippen LogP) is 3.04. The Morgan fingerprint density at radius 1 is 1.58 bits per heavy atom. The zero-order valence-corrected chi connectivity index (χ0v) is 9.83. The third-order valence-electron chi connectivity index (χ3n) is 1.83. The molecule has 1 rings (SSSR count). The van der Waals surface area contributed by atoms with E-state index >= 15 is 0 Å². The molecule has 0 saturated carbocycles. The quantitative estimate of drug-likeness (QED) is 0.874. The summed E-state index contributed by atoms with van der Waals surface area (Å²) in [5.41, 5.74) is 5.88. The van der Waals surface area contributed by atoms with Crippen molar-refractivity contribution in [3.63, 3.8) is 0 Å². The van der Waals surface area contributed by atoms with Gasteiger partial charge in [0.2, 0.25) is 0 Å². The van der Waals surface area contributed by atoms with E-state index in [0.29, 0.717) is 0 Å². The lowest BCUT2D eigenvalue weighted by Gasteiger charge is -2.20. The minimum Gasteiger partial charge on any atom is -0.330 e. The molecule has 0 fully saturated rings. The summed E-state index contributed by atoms with van der Waals surface area (Å²) in [6.07, 6.45) is 1.07. The van der Waals surface area contributed by atoms with E-state index in [9.17, 15) is 0 Å². The van der Waals surface area contributed by atoms with Crippen molar-refractivity contribution in [1.29, 1.82) is 0 Å². The predicted molar refractivity (Wildman–Crippen MR) is 58.6 cm³/mol. The van der Waals surface area contributed by atoms with Crippen LogP contribution in [0.15, 0.2) is 15.9 Å². The molecule has 1 aromatic heterocycles. The smallest absolute Gasteiger partial charge is 0.0285 e. The zero-order chi connectivity index (χ0) is 9.19. The van der Waals surface area contributed by atoms with Crippen LogP contribution in [0.5, 0.6) is 0 Å². The van der Waals surface area contributed by atoms with Gasteiger partial charge >= 0.3 is 0 Å². The Hall–Kier alpha value is 0.140. The Bertz CT molecular complexity index is 255. The van der Waals surface area contributed by atoms with Gasteiger partial charge in [-0.25, -0.2) is 0 Å². The highest BCUT2D eigenvalue weighted by Crippen LogP contribution is 2.27. The van der Waals surface area contributed by atoms with E-state index < -0.39 is 0 Å². The molecule has 0 bridgehead atoms.